The lowest BCUT2D eigenvalue weighted by Gasteiger charge is -2.26. The second-order valence-electron chi connectivity index (χ2n) is 8.56. The van der Waals surface area contributed by atoms with Gasteiger partial charge in [-0.3, -0.25) is 4.79 Å². The van der Waals surface area contributed by atoms with E-state index in [0.717, 1.165) is 0 Å². The largest absolute Gasteiger partial charge is 0.469 e. The summed E-state index contributed by atoms with van der Waals surface area (Å²) in [6, 6.07) is 0. The lowest BCUT2D eigenvalue weighted by Crippen LogP contribution is -2.44. The molecule has 0 aliphatic carbocycles. The van der Waals surface area contributed by atoms with Crippen molar-refractivity contribution in [2.75, 3.05) is 12.0 Å². The normalized spacial score (nSPS) is 16.8. The fraction of sp³-hybridized carbons (Fsp3) is 0.722. The third-order valence-corrected chi connectivity index (χ3v) is 3.74. The first kappa shape index (κ1) is 21.6. The first-order valence-electron chi connectivity index (χ1n) is 9.08. The number of esters is 1. The minimum absolute atomic E-state index is 0.149. The number of carbonyl (C=O) groups excluding carboxylic acids is 3. The average molecular weight is 396 g/mol. The highest BCUT2D eigenvalue weighted by atomic mass is 16.6. The van der Waals surface area contributed by atoms with Gasteiger partial charge in [-0.2, -0.15) is 4.98 Å². The Kier molecular flexibility index (Phi) is 6.00. The summed E-state index contributed by atoms with van der Waals surface area (Å²) in [4.78, 5) is 42.1. The molecule has 0 saturated heterocycles. The number of ether oxygens (including phenoxy) is 3. The molecule has 0 N–H and O–H groups in total. The van der Waals surface area contributed by atoms with Crippen LogP contribution in [0.15, 0.2) is 0 Å². The molecule has 0 radical (unpaired) electrons. The van der Waals surface area contributed by atoms with Gasteiger partial charge in [0.2, 0.25) is 0 Å². The van der Waals surface area contributed by atoms with Crippen LogP contribution in [0.3, 0.4) is 0 Å². The molecule has 1 aromatic heterocycles. The Labute approximate surface area is 164 Å². The number of fused-ring (bicyclic) bond motifs is 1. The van der Waals surface area contributed by atoms with E-state index in [4.69, 9.17) is 14.2 Å². The maximum Gasteiger partial charge on any atom is 0.427 e. The fourth-order valence-electron chi connectivity index (χ4n) is 2.61. The third-order valence-electron chi connectivity index (χ3n) is 3.74. The van der Waals surface area contributed by atoms with Crippen LogP contribution in [-0.2, 0) is 32.0 Å². The third kappa shape index (κ3) is 5.43. The number of aryl methyl sites for hydroxylation is 1. The Morgan fingerprint density at radius 2 is 1.57 bits per heavy atom. The molecule has 28 heavy (non-hydrogen) atoms. The SMILES string of the molecule is COC(=O)C1CCn2nc(N(C(=O)OC(C)(C)C)C(=O)OC(C)(C)C)nc2C1. The van der Waals surface area contributed by atoms with Crippen molar-refractivity contribution in [2.45, 2.75) is 72.1 Å². The molecule has 1 aliphatic rings. The molecule has 0 bridgehead atoms. The average Bonchev–Trinajstić information content (AvgIpc) is 2.92. The topological polar surface area (TPSA) is 113 Å². The van der Waals surface area contributed by atoms with Gasteiger partial charge in [-0.05, 0) is 48.0 Å². The van der Waals surface area contributed by atoms with Crippen LogP contribution in [0.2, 0.25) is 0 Å². The van der Waals surface area contributed by atoms with Crippen molar-refractivity contribution in [1.82, 2.24) is 14.8 Å². The summed E-state index contributed by atoms with van der Waals surface area (Å²) in [5, 5.41) is 4.25. The van der Waals surface area contributed by atoms with E-state index in [1.54, 1.807) is 46.2 Å². The van der Waals surface area contributed by atoms with Crippen molar-refractivity contribution in [3.63, 3.8) is 0 Å². The lowest BCUT2D eigenvalue weighted by atomic mass is 9.98. The number of aromatic nitrogens is 3. The highest BCUT2D eigenvalue weighted by Gasteiger charge is 2.37. The van der Waals surface area contributed by atoms with Gasteiger partial charge in [-0.1, -0.05) is 0 Å². The van der Waals surface area contributed by atoms with E-state index in [1.165, 1.54) is 7.11 Å². The number of nitrogens with zero attached hydrogens (tertiary/aromatic N) is 4. The summed E-state index contributed by atoms with van der Waals surface area (Å²) in [5.74, 6) is -0.337. The molecule has 1 aliphatic heterocycles. The van der Waals surface area contributed by atoms with Gasteiger partial charge in [0, 0.05) is 13.0 Å². The number of rotatable bonds is 2. The molecule has 2 rings (SSSR count). The van der Waals surface area contributed by atoms with Crippen molar-refractivity contribution in [3.05, 3.63) is 5.82 Å². The van der Waals surface area contributed by atoms with E-state index >= 15 is 0 Å². The van der Waals surface area contributed by atoms with Crippen LogP contribution in [0.25, 0.3) is 0 Å². The van der Waals surface area contributed by atoms with Crippen LogP contribution in [-0.4, -0.2) is 51.2 Å². The predicted octanol–water partition coefficient (Wildman–Crippen LogP) is 2.69. The molecular formula is C18H28N4O6. The van der Waals surface area contributed by atoms with Crippen LogP contribution in [0.5, 0.6) is 0 Å². The van der Waals surface area contributed by atoms with Gasteiger partial charge in [-0.25, -0.2) is 14.3 Å². The van der Waals surface area contributed by atoms with E-state index in [2.05, 4.69) is 10.1 Å². The first-order valence-corrected chi connectivity index (χ1v) is 9.08. The minimum atomic E-state index is -0.936. The molecule has 2 heterocycles. The van der Waals surface area contributed by atoms with Crippen molar-refractivity contribution in [3.8, 4) is 0 Å². The van der Waals surface area contributed by atoms with E-state index in [9.17, 15) is 14.4 Å². The maximum atomic E-state index is 12.7. The van der Waals surface area contributed by atoms with Gasteiger partial charge in [0.05, 0.1) is 13.0 Å². The fourth-order valence-corrected chi connectivity index (χ4v) is 2.61. The Morgan fingerprint density at radius 3 is 2.04 bits per heavy atom. The zero-order valence-electron chi connectivity index (χ0n) is 17.4. The van der Waals surface area contributed by atoms with Crippen LogP contribution < -0.4 is 4.90 Å². The van der Waals surface area contributed by atoms with Crippen molar-refractivity contribution in [2.24, 2.45) is 5.92 Å². The smallest absolute Gasteiger partial charge is 0.427 e. The van der Waals surface area contributed by atoms with E-state index in [-0.39, 0.29) is 17.8 Å². The summed E-state index contributed by atoms with van der Waals surface area (Å²) in [6.45, 7) is 10.5. The number of amides is 2. The van der Waals surface area contributed by atoms with Crippen LogP contribution in [0.1, 0.15) is 53.8 Å². The highest BCUT2D eigenvalue weighted by Crippen LogP contribution is 2.24. The quantitative estimate of drug-likeness (QED) is 0.554. The van der Waals surface area contributed by atoms with Gasteiger partial charge < -0.3 is 14.2 Å². The maximum absolute atomic E-state index is 12.7. The van der Waals surface area contributed by atoms with E-state index < -0.39 is 23.4 Å². The molecule has 1 aromatic rings. The first-order chi connectivity index (χ1) is 12.8. The second-order valence-corrected chi connectivity index (χ2v) is 8.56. The molecule has 0 spiro atoms. The molecule has 1 atom stereocenters. The lowest BCUT2D eigenvalue weighted by molar-refractivity contribution is -0.146. The monoisotopic (exact) mass is 396 g/mol. The molecule has 0 fully saturated rings. The predicted molar refractivity (Wildman–Crippen MR) is 98.8 cm³/mol. The Balaban J connectivity index is 2.34. The van der Waals surface area contributed by atoms with Gasteiger partial charge in [0.25, 0.3) is 5.95 Å². The summed E-state index contributed by atoms with van der Waals surface area (Å²) >= 11 is 0. The number of anilines is 1. The standard InChI is InChI=1S/C18H28N4O6/c1-17(2,3)27-15(24)22(16(25)28-18(4,5)6)14-19-12-10-11(13(23)26-7)8-9-21(12)20-14/h11H,8-10H2,1-7H3. The van der Waals surface area contributed by atoms with E-state index in [1.807, 2.05) is 0 Å². The second kappa shape index (κ2) is 7.76. The van der Waals surface area contributed by atoms with Crippen molar-refractivity contribution >= 4 is 24.1 Å². The molecule has 0 saturated carbocycles. The number of carbonyl (C=O) groups is 3. The van der Waals surface area contributed by atoms with Crippen LogP contribution in [0, 0.1) is 5.92 Å². The highest BCUT2D eigenvalue weighted by molar-refractivity contribution is 6.08. The van der Waals surface area contributed by atoms with Gasteiger partial charge >= 0.3 is 18.2 Å². The van der Waals surface area contributed by atoms with Gasteiger partial charge in [0.1, 0.15) is 17.0 Å². The zero-order chi connectivity index (χ0) is 21.3. The molecule has 2 amide bonds. The Hall–Kier alpha value is -2.65. The van der Waals surface area contributed by atoms with Gasteiger partial charge in [0.15, 0.2) is 0 Å². The van der Waals surface area contributed by atoms with Gasteiger partial charge in [-0.15, -0.1) is 10.00 Å². The van der Waals surface area contributed by atoms with Crippen LogP contribution in [0.4, 0.5) is 15.5 Å². The number of imide groups is 1. The number of hydrogen-bond donors (Lipinski definition) is 0. The van der Waals surface area contributed by atoms with Crippen LogP contribution >= 0.6 is 0 Å². The molecule has 156 valence electrons. The molecule has 0 aromatic carbocycles. The number of hydrogen-bond acceptors (Lipinski definition) is 8. The van der Waals surface area contributed by atoms with Crippen molar-refractivity contribution in [1.29, 1.82) is 0 Å². The Morgan fingerprint density at radius 1 is 1.04 bits per heavy atom. The summed E-state index contributed by atoms with van der Waals surface area (Å²) in [5.41, 5.74) is -1.65. The molecule has 10 nitrogen and oxygen atoms in total. The van der Waals surface area contributed by atoms with E-state index in [0.29, 0.717) is 30.1 Å². The molecule has 10 heteroatoms. The zero-order valence-corrected chi connectivity index (χ0v) is 17.4. The minimum Gasteiger partial charge on any atom is -0.469 e. The van der Waals surface area contributed by atoms with Crippen molar-refractivity contribution < 1.29 is 28.6 Å². The molecular weight excluding hydrogens is 368 g/mol. The number of methoxy groups -OCH3 is 1. The summed E-state index contributed by atoms with van der Waals surface area (Å²) < 4.78 is 17.0. The Bertz CT molecular complexity index is 731. The molecule has 1 unspecified atom stereocenters. The summed E-state index contributed by atoms with van der Waals surface area (Å²) in [7, 11) is 1.33. The summed E-state index contributed by atoms with van der Waals surface area (Å²) in [6.07, 6.45) is -1.04.